The zero-order valence-electron chi connectivity index (χ0n) is 10.7. The number of rotatable bonds is 9. The van der Waals surface area contributed by atoms with Crippen LogP contribution >= 0.6 is 0 Å². The first-order valence-electron chi connectivity index (χ1n) is 6.26. The van der Waals surface area contributed by atoms with E-state index in [4.69, 9.17) is 5.84 Å². The predicted molar refractivity (Wildman–Crippen MR) is 68.5 cm³/mol. The Morgan fingerprint density at radius 3 is 2.07 bits per heavy atom. The van der Waals surface area contributed by atoms with Gasteiger partial charge in [-0.1, -0.05) is 32.3 Å². The standard InChI is InChI=1S/C13H28N2/c1-5-7-12(8-6-2)13(15-14)10-9-11(3)4/h12-13,15H,3,5-10,14H2,1-2,4H3. The lowest BCUT2D eigenvalue weighted by atomic mass is 9.87. The third-order valence-corrected chi connectivity index (χ3v) is 2.98. The van der Waals surface area contributed by atoms with E-state index in [0.717, 1.165) is 18.8 Å². The minimum Gasteiger partial charge on any atom is -0.271 e. The Balaban J connectivity index is 4.10. The Hall–Kier alpha value is -0.340. The lowest BCUT2D eigenvalue weighted by Gasteiger charge is -2.26. The summed E-state index contributed by atoms with van der Waals surface area (Å²) >= 11 is 0. The second-order valence-electron chi connectivity index (χ2n) is 4.61. The first-order chi connectivity index (χ1) is 7.15. The molecule has 0 aromatic heterocycles. The predicted octanol–water partition coefficient (Wildman–Crippen LogP) is 3.39. The van der Waals surface area contributed by atoms with Crippen LogP contribution in [-0.4, -0.2) is 6.04 Å². The van der Waals surface area contributed by atoms with Crippen molar-refractivity contribution in [3.8, 4) is 0 Å². The maximum absolute atomic E-state index is 5.64. The summed E-state index contributed by atoms with van der Waals surface area (Å²) in [5.41, 5.74) is 4.24. The summed E-state index contributed by atoms with van der Waals surface area (Å²) in [6, 6.07) is 0.460. The molecule has 0 saturated heterocycles. The van der Waals surface area contributed by atoms with Gasteiger partial charge in [-0.2, -0.15) is 0 Å². The van der Waals surface area contributed by atoms with Crippen LogP contribution in [0.25, 0.3) is 0 Å². The summed E-state index contributed by atoms with van der Waals surface area (Å²) in [6.45, 7) is 10.5. The maximum Gasteiger partial charge on any atom is 0.0241 e. The van der Waals surface area contributed by atoms with Gasteiger partial charge in [0.15, 0.2) is 0 Å². The fourth-order valence-corrected chi connectivity index (χ4v) is 2.15. The first-order valence-corrected chi connectivity index (χ1v) is 6.26. The minimum absolute atomic E-state index is 0.460. The number of nitrogens with two attached hydrogens (primary N) is 1. The molecule has 0 aliphatic carbocycles. The van der Waals surface area contributed by atoms with Crippen LogP contribution in [-0.2, 0) is 0 Å². The highest BCUT2D eigenvalue weighted by atomic mass is 15.2. The van der Waals surface area contributed by atoms with Crippen LogP contribution in [0.3, 0.4) is 0 Å². The monoisotopic (exact) mass is 212 g/mol. The average Bonchev–Trinajstić information content (AvgIpc) is 2.19. The second-order valence-corrected chi connectivity index (χ2v) is 4.61. The van der Waals surface area contributed by atoms with Crippen molar-refractivity contribution in [3.63, 3.8) is 0 Å². The van der Waals surface area contributed by atoms with Crippen molar-refractivity contribution in [2.75, 3.05) is 0 Å². The molecule has 0 saturated carbocycles. The molecule has 15 heavy (non-hydrogen) atoms. The van der Waals surface area contributed by atoms with E-state index in [1.807, 2.05) is 0 Å². The van der Waals surface area contributed by atoms with E-state index in [1.165, 1.54) is 31.3 Å². The molecule has 0 aromatic rings. The zero-order chi connectivity index (χ0) is 11.7. The highest BCUT2D eigenvalue weighted by Gasteiger charge is 2.18. The third kappa shape index (κ3) is 6.69. The van der Waals surface area contributed by atoms with Crippen molar-refractivity contribution in [1.29, 1.82) is 0 Å². The SMILES string of the molecule is C=C(C)CCC(NN)C(CCC)CCC. The third-order valence-electron chi connectivity index (χ3n) is 2.98. The van der Waals surface area contributed by atoms with Gasteiger partial charge in [0.2, 0.25) is 0 Å². The van der Waals surface area contributed by atoms with Crippen LogP contribution in [0.15, 0.2) is 12.2 Å². The molecule has 0 spiro atoms. The number of hydrogen-bond acceptors (Lipinski definition) is 2. The molecule has 0 amide bonds. The van der Waals surface area contributed by atoms with Crippen molar-refractivity contribution in [1.82, 2.24) is 5.43 Å². The summed E-state index contributed by atoms with van der Waals surface area (Å²) < 4.78 is 0. The summed E-state index contributed by atoms with van der Waals surface area (Å²) in [6.07, 6.45) is 7.25. The van der Waals surface area contributed by atoms with Crippen LogP contribution in [0.2, 0.25) is 0 Å². The van der Waals surface area contributed by atoms with Crippen molar-refractivity contribution >= 4 is 0 Å². The molecule has 0 fully saturated rings. The van der Waals surface area contributed by atoms with E-state index in [2.05, 4.69) is 32.8 Å². The molecule has 0 aliphatic heterocycles. The number of hydrazine groups is 1. The topological polar surface area (TPSA) is 38.0 Å². The van der Waals surface area contributed by atoms with Crippen molar-refractivity contribution < 1.29 is 0 Å². The van der Waals surface area contributed by atoms with Crippen molar-refractivity contribution in [3.05, 3.63) is 12.2 Å². The van der Waals surface area contributed by atoms with Crippen molar-refractivity contribution in [2.45, 2.75) is 65.3 Å². The average molecular weight is 212 g/mol. The quantitative estimate of drug-likeness (QED) is 0.349. The van der Waals surface area contributed by atoms with Crippen molar-refractivity contribution in [2.24, 2.45) is 11.8 Å². The second kappa shape index (κ2) is 8.93. The largest absolute Gasteiger partial charge is 0.271 e. The molecule has 0 aliphatic rings. The van der Waals surface area contributed by atoms with Gasteiger partial charge < -0.3 is 0 Å². The Bertz CT molecular complexity index is 160. The van der Waals surface area contributed by atoms with Gasteiger partial charge in [0.1, 0.15) is 0 Å². The number of allylic oxidation sites excluding steroid dienone is 1. The highest BCUT2D eigenvalue weighted by molar-refractivity contribution is 4.90. The van der Waals surface area contributed by atoms with Gasteiger partial charge in [-0.3, -0.25) is 11.3 Å². The van der Waals surface area contributed by atoms with Gasteiger partial charge in [-0.25, -0.2) is 0 Å². The van der Waals surface area contributed by atoms with Crippen LogP contribution in [0, 0.1) is 5.92 Å². The maximum atomic E-state index is 5.64. The molecule has 0 rings (SSSR count). The first kappa shape index (κ1) is 14.7. The molecule has 3 N–H and O–H groups in total. The molecule has 1 unspecified atom stereocenters. The molecular weight excluding hydrogens is 184 g/mol. The summed E-state index contributed by atoms with van der Waals surface area (Å²) in [5.74, 6) is 6.37. The van der Waals surface area contributed by atoms with Gasteiger partial charge in [-0.15, -0.1) is 6.58 Å². The lowest BCUT2D eigenvalue weighted by Crippen LogP contribution is -2.41. The number of nitrogens with one attached hydrogen (secondary N) is 1. The van der Waals surface area contributed by atoms with Crippen LogP contribution in [0.4, 0.5) is 0 Å². The highest BCUT2D eigenvalue weighted by Crippen LogP contribution is 2.21. The number of hydrogen-bond donors (Lipinski definition) is 2. The van der Waals surface area contributed by atoms with Gasteiger partial charge in [0.05, 0.1) is 0 Å². The molecule has 90 valence electrons. The summed E-state index contributed by atoms with van der Waals surface area (Å²) in [7, 11) is 0. The fraction of sp³-hybridized carbons (Fsp3) is 0.846. The Morgan fingerprint density at radius 1 is 1.20 bits per heavy atom. The Kier molecular flexibility index (Phi) is 8.73. The summed E-state index contributed by atoms with van der Waals surface area (Å²) in [4.78, 5) is 0. The Morgan fingerprint density at radius 2 is 1.73 bits per heavy atom. The minimum atomic E-state index is 0.460. The molecule has 0 heterocycles. The van der Waals surface area contributed by atoms with Crippen LogP contribution in [0.1, 0.15) is 59.3 Å². The molecule has 1 atom stereocenters. The van der Waals surface area contributed by atoms with E-state index >= 15 is 0 Å². The molecular formula is C13H28N2. The molecule has 0 bridgehead atoms. The van der Waals surface area contributed by atoms with Gasteiger partial charge in [-0.05, 0) is 38.5 Å². The Labute approximate surface area is 95.3 Å². The molecule has 2 heteroatoms. The van der Waals surface area contributed by atoms with Gasteiger partial charge in [0, 0.05) is 6.04 Å². The molecule has 2 nitrogen and oxygen atoms in total. The lowest BCUT2D eigenvalue weighted by molar-refractivity contribution is 0.299. The van der Waals surface area contributed by atoms with E-state index in [1.54, 1.807) is 0 Å². The van der Waals surface area contributed by atoms with Gasteiger partial charge in [0.25, 0.3) is 0 Å². The smallest absolute Gasteiger partial charge is 0.0241 e. The molecule has 0 radical (unpaired) electrons. The zero-order valence-corrected chi connectivity index (χ0v) is 10.7. The van der Waals surface area contributed by atoms with E-state index in [9.17, 15) is 0 Å². The van der Waals surface area contributed by atoms with Crippen LogP contribution < -0.4 is 11.3 Å². The normalized spacial score (nSPS) is 13.1. The van der Waals surface area contributed by atoms with E-state index in [0.29, 0.717) is 6.04 Å². The van der Waals surface area contributed by atoms with Crippen LogP contribution in [0.5, 0.6) is 0 Å². The summed E-state index contributed by atoms with van der Waals surface area (Å²) in [5, 5.41) is 0. The van der Waals surface area contributed by atoms with E-state index in [-0.39, 0.29) is 0 Å². The fourth-order valence-electron chi connectivity index (χ4n) is 2.15. The van der Waals surface area contributed by atoms with Gasteiger partial charge >= 0.3 is 0 Å². The molecule has 0 aromatic carbocycles. The van der Waals surface area contributed by atoms with E-state index < -0.39 is 0 Å².